The van der Waals surface area contributed by atoms with Crippen molar-refractivity contribution in [2.45, 2.75) is 32.4 Å². The lowest BCUT2D eigenvalue weighted by molar-refractivity contribution is -0.137. The van der Waals surface area contributed by atoms with Crippen molar-refractivity contribution in [3.05, 3.63) is 59.7 Å². The van der Waals surface area contributed by atoms with Crippen LogP contribution < -0.4 is 0 Å². The first-order chi connectivity index (χ1) is 9.18. The van der Waals surface area contributed by atoms with E-state index in [1.165, 1.54) is 12.1 Å². The van der Waals surface area contributed by atoms with Gasteiger partial charge in [0.25, 0.3) is 0 Å². The summed E-state index contributed by atoms with van der Waals surface area (Å²) in [6.45, 7) is 6.24. The van der Waals surface area contributed by atoms with Gasteiger partial charge in [-0.25, -0.2) is 0 Å². The van der Waals surface area contributed by atoms with Crippen LogP contribution in [0.2, 0.25) is 0 Å². The second kappa shape index (κ2) is 4.97. The maximum Gasteiger partial charge on any atom is 0.416 e. The summed E-state index contributed by atoms with van der Waals surface area (Å²) in [5.41, 5.74) is 1.86. The molecule has 2 rings (SSSR count). The Bertz CT molecular complexity index is 549. The summed E-state index contributed by atoms with van der Waals surface area (Å²) < 4.78 is 38.3. The van der Waals surface area contributed by atoms with Crippen LogP contribution in [0.5, 0.6) is 0 Å². The highest BCUT2D eigenvalue weighted by Crippen LogP contribution is 2.33. The number of halogens is 3. The predicted octanol–water partition coefficient (Wildman–Crippen LogP) is 5.67. The van der Waals surface area contributed by atoms with Gasteiger partial charge in [0.05, 0.1) is 5.56 Å². The number of rotatable bonds is 1. The average Bonchev–Trinajstić information content (AvgIpc) is 2.37. The van der Waals surface area contributed by atoms with Crippen molar-refractivity contribution in [1.29, 1.82) is 0 Å². The first-order valence-electron chi connectivity index (χ1n) is 6.46. The smallest absolute Gasteiger partial charge is 0.166 e. The molecule has 0 atom stereocenters. The summed E-state index contributed by atoms with van der Waals surface area (Å²) in [6, 6.07) is 13.1. The SMILES string of the molecule is CC(C)(C)c1cccc(-c2cccc(C(F)(F)F)c2)c1. The molecule has 0 spiro atoms. The third-order valence-electron chi connectivity index (χ3n) is 3.25. The van der Waals surface area contributed by atoms with Crippen LogP contribution >= 0.6 is 0 Å². The average molecular weight is 278 g/mol. The zero-order valence-electron chi connectivity index (χ0n) is 11.8. The largest absolute Gasteiger partial charge is 0.416 e. The minimum absolute atomic E-state index is 0.0301. The van der Waals surface area contributed by atoms with Crippen LogP contribution in [0.4, 0.5) is 13.2 Å². The molecule has 20 heavy (non-hydrogen) atoms. The van der Waals surface area contributed by atoms with Gasteiger partial charge >= 0.3 is 6.18 Å². The minimum Gasteiger partial charge on any atom is -0.166 e. The number of hydrogen-bond acceptors (Lipinski definition) is 0. The van der Waals surface area contributed by atoms with Gasteiger partial charge in [-0.3, -0.25) is 0 Å². The van der Waals surface area contributed by atoms with Crippen LogP contribution in [0, 0.1) is 0 Å². The van der Waals surface area contributed by atoms with Gasteiger partial charge in [-0.05, 0) is 34.2 Å². The standard InChI is InChI=1S/C17H17F3/c1-16(2,3)14-8-4-6-12(10-14)13-7-5-9-15(11-13)17(18,19)20/h4-11H,1-3H3. The van der Waals surface area contributed by atoms with E-state index in [-0.39, 0.29) is 5.41 Å². The highest BCUT2D eigenvalue weighted by Gasteiger charge is 2.30. The fourth-order valence-corrected chi connectivity index (χ4v) is 2.04. The summed E-state index contributed by atoms with van der Waals surface area (Å²) in [7, 11) is 0. The van der Waals surface area contributed by atoms with Gasteiger partial charge in [-0.15, -0.1) is 0 Å². The van der Waals surface area contributed by atoms with E-state index in [0.717, 1.165) is 17.2 Å². The topological polar surface area (TPSA) is 0 Å². The molecule has 3 heteroatoms. The molecule has 0 radical (unpaired) electrons. The molecular formula is C17H17F3. The van der Waals surface area contributed by atoms with E-state index in [0.29, 0.717) is 5.56 Å². The Kier molecular flexibility index (Phi) is 3.63. The molecule has 0 nitrogen and oxygen atoms in total. The molecule has 2 aromatic carbocycles. The molecule has 0 aliphatic heterocycles. The van der Waals surface area contributed by atoms with Crippen LogP contribution in [0.1, 0.15) is 31.9 Å². The van der Waals surface area contributed by atoms with Gasteiger partial charge in [0.1, 0.15) is 0 Å². The predicted molar refractivity (Wildman–Crippen MR) is 75.6 cm³/mol. The highest BCUT2D eigenvalue weighted by atomic mass is 19.4. The lowest BCUT2D eigenvalue weighted by Crippen LogP contribution is -2.10. The highest BCUT2D eigenvalue weighted by molar-refractivity contribution is 5.65. The van der Waals surface area contributed by atoms with Crippen LogP contribution in [-0.4, -0.2) is 0 Å². The summed E-state index contributed by atoms with van der Waals surface area (Å²) in [4.78, 5) is 0. The van der Waals surface area contributed by atoms with Crippen molar-refractivity contribution in [2.75, 3.05) is 0 Å². The summed E-state index contributed by atoms with van der Waals surface area (Å²) >= 11 is 0. The molecule has 0 fully saturated rings. The molecule has 0 aromatic heterocycles. The van der Waals surface area contributed by atoms with Crippen LogP contribution in [0.3, 0.4) is 0 Å². The Balaban J connectivity index is 2.47. The zero-order chi connectivity index (χ0) is 15.0. The normalized spacial score (nSPS) is 12.5. The Hall–Kier alpha value is -1.77. The van der Waals surface area contributed by atoms with Gasteiger partial charge < -0.3 is 0 Å². The Morgan fingerprint density at radius 1 is 0.700 bits per heavy atom. The Morgan fingerprint density at radius 3 is 1.60 bits per heavy atom. The van der Waals surface area contributed by atoms with E-state index in [1.54, 1.807) is 6.07 Å². The lowest BCUT2D eigenvalue weighted by atomic mass is 9.85. The molecule has 0 saturated carbocycles. The monoisotopic (exact) mass is 278 g/mol. The van der Waals surface area contributed by atoms with Crippen LogP contribution in [0.25, 0.3) is 11.1 Å². The minimum atomic E-state index is -4.31. The lowest BCUT2D eigenvalue weighted by Gasteiger charge is -2.20. The molecule has 0 unspecified atom stereocenters. The molecule has 0 aliphatic carbocycles. The van der Waals surface area contributed by atoms with E-state index in [1.807, 2.05) is 24.3 Å². The second-order valence-electron chi connectivity index (χ2n) is 5.91. The van der Waals surface area contributed by atoms with E-state index in [2.05, 4.69) is 20.8 Å². The molecule has 0 bridgehead atoms. The van der Waals surface area contributed by atoms with Crippen molar-refractivity contribution >= 4 is 0 Å². The third-order valence-corrected chi connectivity index (χ3v) is 3.25. The van der Waals surface area contributed by atoms with Gasteiger partial charge in [0.2, 0.25) is 0 Å². The Labute approximate surface area is 117 Å². The maximum absolute atomic E-state index is 12.8. The molecule has 0 heterocycles. The van der Waals surface area contributed by atoms with E-state index >= 15 is 0 Å². The maximum atomic E-state index is 12.8. The number of benzene rings is 2. The zero-order valence-corrected chi connectivity index (χ0v) is 11.8. The first-order valence-corrected chi connectivity index (χ1v) is 6.46. The fourth-order valence-electron chi connectivity index (χ4n) is 2.04. The molecule has 2 aromatic rings. The molecular weight excluding hydrogens is 261 g/mol. The number of alkyl halides is 3. The number of hydrogen-bond donors (Lipinski definition) is 0. The molecule has 0 N–H and O–H groups in total. The van der Waals surface area contributed by atoms with Crippen molar-refractivity contribution in [3.8, 4) is 11.1 Å². The fraction of sp³-hybridized carbons (Fsp3) is 0.294. The van der Waals surface area contributed by atoms with Crippen molar-refractivity contribution in [1.82, 2.24) is 0 Å². The summed E-state index contributed by atoms with van der Waals surface area (Å²) in [5.74, 6) is 0. The van der Waals surface area contributed by atoms with Crippen molar-refractivity contribution < 1.29 is 13.2 Å². The molecule has 106 valence electrons. The van der Waals surface area contributed by atoms with Crippen LogP contribution in [-0.2, 0) is 11.6 Å². The van der Waals surface area contributed by atoms with Gasteiger partial charge in [0.15, 0.2) is 0 Å². The molecule has 0 aliphatic rings. The first kappa shape index (κ1) is 14.6. The van der Waals surface area contributed by atoms with Gasteiger partial charge in [-0.1, -0.05) is 57.2 Å². The summed E-state index contributed by atoms with van der Waals surface area (Å²) in [6.07, 6.45) is -4.31. The van der Waals surface area contributed by atoms with E-state index in [9.17, 15) is 13.2 Å². The summed E-state index contributed by atoms with van der Waals surface area (Å²) in [5, 5.41) is 0. The second-order valence-corrected chi connectivity index (χ2v) is 5.91. The third kappa shape index (κ3) is 3.21. The Morgan fingerprint density at radius 2 is 1.15 bits per heavy atom. The molecule has 0 amide bonds. The van der Waals surface area contributed by atoms with Crippen molar-refractivity contribution in [2.24, 2.45) is 0 Å². The van der Waals surface area contributed by atoms with Gasteiger partial charge in [0, 0.05) is 0 Å². The van der Waals surface area contributed by atoms with Gasteiger partial charge in [-0.2, -0.15) is 13.2 Å². The van der Waals surface area contributed by atoms with E-state index in [4.69, 9.17) is 0 Å². The quantitative estimate of drug-likeness (QED) is 0.630. The van der Waals surface area contributed by atoms with Crippen molar-refractivity contribution in [3.63, 3.8) is 0 Å². The van der Waals surface area contributed by atoms with E-state index < -0.39 is 11.7 Å². The molecule has 0 saturated heterocycles. The van der Waals surface area contributed by atoms with Crippen LogP contribution in [0.15, 0.2) is 48.5 Å².